The first-order chi connectivity index (χ1) is 26.6. The lowest BCUT2D eigenvalue weighted by molar-refractivity contribution is -0.154. The Morgan fingerprint density at radius 1 is 0.833 bits per heavy atom. The lowest BCUT2D eigenvalue weighted by Crippen LogP contribution is -2.52. The van der Waals surface area contributed by atoms with E-state index in [9.17, 15) is 4.79 Å². The highest BCUT2D eigenvalue weighted by molar-refractivity contribution is 7.13. The Balaban J connectivity index is 1.28. The standard InChI is InChI=1S/C44H39FN6O2S/c1-2-53-43(52)35-28-20-22-29(23-21-28)37(35)48-41-36(45)39(34-19-12-26-54-34)49-40(50-41)33-27-51(42-38(33)46-24-25-47-42)44(30-13-6-3-7-14-30,31-15-8-4-9-16-31)32-17-10-5-11-18-32/h3-19,24-29,35,37H,2,20-23H2,1H3,(H,48,49,50)/t28?,29?,35-,37-/m1/s1. The third kappa shape index (κ3) is 5.67. The van der Waals surface area contributed by atoms with Crippen LogP contribution in [-0.4, -0.2) is 43.1 Å². The summed E-state index contributed by atoms with van der Waals surface area (Å²) < 4.78 is 24.6. The zero-order chi connectivity index (χ0) is 36.6. The molecule has 4 aromatic heterocycles. The summed E-state index contributed by atoms with van der Waals surface area (Å²) in [6.45, 7) is 2.13. The van der Waals surface area contributed by atoms with E-state index in [1.807, 2.05) is 85.2 Å². The Morgan fingerprint density at radius 3 is 2.04 bits per heavy atom. The molecule has 10 heteroatoms. The van der Waals surface area contributed by atoms with Crippen LogP contribution in [0.5, 0.6) is 0 Å². The summed E-state index contributed by atoms with van der Waals surface area (Å²) >= 11 is 1.41. The van der Waals surface area contributed by atoms with Crippen LogP contribution in [0.1, 0.15) is 49.3 Å². The summed E-state index contributed by atoms with van der Waals surface area (Å²) in [5, 5.41) is 5.39. The molecule has 0 aliphatic heterocycles. The molecule has 2 atom stereocenters. The van der Waals surface area contributed by atoms with Crippen molar-refractivity contribution >= 4 is 34.3 Å². The fraction of sp³-hybridized carbons (Fsp3) is 0.250. The molecule has 0 saturated heterocycles. The van der Waals surface area contributed by atoms with Gasteiger partial charge in [0, 0.05) is 24.6 Å². The molecule has 10 rings (SSSR count). The normalized spacial score (nSPS) is 19.5. The van der Waals surface area contributed by atoms with Gasteiger partial charge in [-0.2, -0.15) is 0 Å². The molecule has 0 spiro atoms. The van der Waals surface area contributed by atoms with Gasteiger partial charge in [0.15, 0.2) is 23.1 Å². The summed E-state index contributed by atoms with van der Waals surface area (Å²) in [4.78, 5) is 33.8. The van der Waals surface area contributed by atoms with E-state index >= 15 is 4.39 Å². The van der Waals surface area contributed by atoms with Gasteiger partial charge in [-0.15, -0.1) is 11.3 Å². The van der Waals surface area contributed by atoms with Gasteiger partial charge in [0.05, 0.1) is 23.0 Å². The van der Waals surface area contributed by atoms with Crippen molar-refractivity contribution in [3.8, 4) is 22.0 Å². The van der Waals surface area contributed by atoms with Gasteiger partial charge < -0.3 is 14.6 Å². The van der Waals surface area contributed by atoms with E-state index in [1.54, 1.807) is 12.4 Å². The van der Waals surface area contributed by atoms with Gasteiger partial charge in [-0.25, -0.2) is 19.3 Å². The number of hydrogen-bond acceptors (Lipinski definition) is 8. The third-order valence-corrected chi connectivity index (χ3v) is 12.2. The van der Waals surface area contributed by atoms with Crippen molar-refractivity contribution in [1.29, 1.82) is 0 Å². The van der Waals surface area contributed by atoms with Crippen molar-refractivity contribution in [2.45, 2.75) is 44.2 Å². The maximum atomic E-state index is 16.8. The molecular weight excluding hydrogens is 696 g/mol. The molecule has 54 heavy (non-hydrogen) atoms. The average Bonchev–Trinajstić information content (AvgIpc) is 3.91. The number of thiophene rings is 1. The smallest absolute Gasteiger partial charge is 0.311 e. The molecule has 8 nitrogen and oxygen atoms in total. The van der Waals surface area contributed by atoms with E-state index in [4.69, 9.17) is 24.7 Å². The van der Waals surface area contributed by atoms with E-state index in [0.29, 0.717) is 34.0 Å². The van der Waals surface area contributed by atoms with Gasteiger partial charge in [0.2, 0.25) is 0 Å². The zero-order valence-corrected chi connectivity index (χ0v) is 30.6. The number of rotatable bonds is 10. The molecule has 0 amide bonds. The second-order valence-corrected chi connectivity index (χ2v) is 15.1. The molecule has 3 saturated carbocycles. The van der Waals surface area contributed by atoms with Crippen LogP contribution in [0.3, 0.4) is 0 Å². The Morgan fingerprint density at radius 2 is 1.44 bits per heavy atom. The van der Waals surface area contributed by atoms with Crippen LogP contribution >= 0.6 is 11.3 Å². The van der Waals surface area contributed by atoms with Crippen LogP contribution in [0.25, 0.3) is 33.1 Å². The first-order valence-corrected chi connectivity index (χ1v) is 19.5. The predicted molar refractivity (Wildman–Crippen MR) is 209 cm³/mol. The van der Waals surface area contributed by atoms with Crippen LogP contribution in [0, 0.1) is 23.6 Å². The zero-order valence-electron chi connectivity index (χ0n) is 29.8. The molecule has 3 fully saturated rings. The van der Waals surface area contributed by atoms with Crippen molar-refractivity contribution in [3.05, 3.63) is 150 Å². The number of ether oxygens (including phenoxy) is 1. The molecule has 4 heterocycles. The van der Waals surface area contributed by atoms with Gasteiger partial charge in [-0.1, -0.05) is 97.1 Å². The summed E-state index contributed by atoms with van der Waals surface area (Å²) in [5.74, 6) is -0.394. The SMILES string of the molecule is CCOC(=O)[C@@H]1C2CCC(CC2)[C@H]1Nc1nc(-c2cn(C(c3ccccc3)(c3ccccc3)c3ccccc3)c3nccnc23)nc(-c2cccs2)c1F. The minimum absolute atomic E-state index is 0.0699. The van der Waals surface area contributed by atoms with Crippen LogP contribution < -0.4 is 5.32 Å². The molecule has 2 bridgehead atoms. The maximum Gasteiger partial charge on any atom is 0.311 e. The van der Waals surface area contributed by atoms with Gasteiger partial charge in [-0.3, -0.25) is 9.78 Å². The average molecular weight is 735 g/mol. The summed E-state index contributed by atoms with van der Waals surface area (Å²) in [5.41, 5.74) is 4.19. The maximum absolute atomic E-state index is 16.8. The van der Waals surface area contributed by atoms with E-state index in [2.05, 4.69) is 46.3 Å². The van der Waals surface area contributed by atoms with Crippen molar-refractivity contribution in [1.82, 2.24) is 24.5 Å². The topological polar surface area (TPSA) is 94.8 Å². The molecule has 7 aromatic rings. The number of nitrogens with one attached hydrogen (secondary N) is 1. The first kappa shape index (κ1) is 34.1. The molecule has 0 unspecified atom stereocenters. The van der Waals surface area contributed by atoms with Crippen molar-refractivity contribution in [2.24, 2.45) is 17.8 Å². The van der Waals surface area contributed by atoms with E-state index < -0.39 is 11.4 Å². The minimum atomic E-state index is -0.887. The highest BCUT2D eigenvalue weighted by atomic mass is 32.1. The number of halogens is 1. The molecule has 3 aliphatic carbocycles. The second-order valence-electron chi connectivity index (χ2n) is 14.1. The predicted octanol–water partition coefficient (Wildman–Crippen LogP) is 9.38. The summed E-state index contributed by atoms with van der Waals surface area (Å²) in [7, 11) is 0. The van der Waals surface area contributed by atoms with Crippen LogP contribution in [0.4, 0.5) is 10.2 Å². The molecule has 3 aliphatic rings. The Labute approximate surface area is 317 Å². The van der Waals surface area contributed by atoms with Crippen molar-refractivity contribution < 1.29 is 13.9 Å². The number of hydrogen-bond donors (Lipinski definition) is 1. The number of anilines is 1. The van der Waals surface area contributed by atoms with E-state index in [-0.39, 0.29) is 41.3 Å². The molecule has 270 valence electrons. The monoisotopic (exact) mass is 734 g/mol. The highest BCUT2D eigenvalue weighted by Crippen LogP contribution is 2.48. The van der Waals surface area contributed by atoms with Crippen LogP contribution in [-0.2, 0) is 15.1 Å². The van der Waals surface area contributed by atoms with Crippen molar-refractivity contribution in [3.63, 3.8) is 0 Å². The van der Waals surface area contributed by atoms with Gasteiger partial charge in [-0.05, 0) is 72.6 Å². The molecule has 0 radical (unpaired) electrons. The number of nitrogens with zero attached hydrogens (tertiary/aromatic N) is 5. The quantitative estimate of drug-likeness (QED) is 0.111. The number of benzene rings is 3. The number of carbonyl (C=O) groups excluding carboxylic acids is 1. The Hall–Kier alpha value is -5.74. The Kier molecular flexibility index (Phi) is 8.98. The molecule has 3 aromatic carbocycles. The van der Waals surface area contributed by atoms with E-state index in [0.717, 1.165) is 42.4 Å². The molecule has 1 N–H and O–H groups in total. The fourth-order valence-electron chi connectivity index (χ4n) is 8.96. The summed E-state index contributed by atoms with van der Waals surface area (Å²) in [6, 6.07) is 34.5. The lowest BCUT2D eigenvalue weighted by Gasteiger charge is -2.47. The first-order valence-electron chi connectivity index (χ1n) is 18.6. The third-order valence-electron chi connectivity index (χ3n) is 11.3. The highest BCUT2D eigenvalue weighted by Gasteiger charge is 2.48. The van der Waals surface area contributed by atoms with Crippen LogP contribution in [0.2, 0.25) is 0 Å². The summed E-state index contributed by atoms with van der Waals surface area (Å²) in [6.07, 6.45) is 9.24. The minimum Gasteiger partial charge on any atom is -0.466 e. The fourth-order valence-corrected chi connectivity index (χ4v) is 9.66. The van der Waals surface area contributed by atoms with Gasteiger partial charge >= 0.3 is 5.97 Å². The number of fused-ring (bicyclic) bond motifs is 4. The largest absolute Gasteiger partial charge is 0.466 e. The second kappa shape index (κ2) is 14.2. The van der Waals surface area contributed by atoms with Crippen LogP contribution in [0.15, 0.2) is 127 Å². The van der Waals surface area contributed by atoms with Gasteiger partial charge in [0.25, 0.3) is 0 Å². The number of esters is 1. The van der Waals surface area contributed by atoms with Gasteiger partial charge in [0.1, 0.15) is 16.7 Å². The van der Waals surface area contributed by atoms with Crippen molar-refractivity contribution in [2.75, 3.05) is 11.9 Å². The van der Waals surface area contributed by atoms with E-state index in [1.165, 1.54) is 11.3 Å². The number of carbonyl (C=O) groups is 1. The lowest BCUT2D eigenvalue weighted by atomic mass is 9.61. The Bertz CT molecular complexity index is 2300. The molecular formula is C44H39FN6O2S. The number of aromatic nitrogens is 5.